The van der Waals surface area contributed by atoms with Crippen molar-refractivity contribution in [3.8, 4) is 6.07 Å². The van der Waals surface area contributed by atoms with Gasteiger partial charge in [0.15, 0.2) is 17.3 Å². The van der Waals surface area contributed by atoms with Crippen molar-refractivity contribution in [1.29, 1.82) is 5.26 Å². The van der Waals surface area contributed by atoms with Gasteiger partial charge in [0.2, 0.25) is 5.91 Å². The second-order valence-electron chi connectivity index (χ2n) is 5.44. The Balaban J connectivity index is 2.62. The summed E-state index contributed by atoms with van der Waals surface area (Å²) in [5.41, 5.74) is 1.54. The van der Waals surface area contributed by atoms with Crippen LogP contribution in [0, 0.1) is 24.2 Å². The number of aryl methyl sites for hydroxylation is 1. The van der Waals surface area contributed by atoms with Crippen LogP contribution in [0.2, 0.25) is 0 Å². The first-order valence-corrected chi connectivity index (χ1v) is 7.44. The molecule has 2 rings (SSSR count). The lowest BCUT2D eigenvalue weighted by molar-refractivity contribution is -0.121. The Kier molecular flexibility index (Phi) is 4.74. The molecule has 0 aromatic carbocycles. The lowest BCUT2D eigenvalue weighted by Crippen LogP contribution is -2.32. The number of rotatable bonds is 5. The van der Waals surface area contributed by atoms with Gasteiger partial charge in [-0.3, -0.25) is 9.59 Å². The van der Waals surface area contributed by atoms with Crippen molar-refractivity contribution in [2.45, 2.75) is 33.2 Å². The zero-order valence-electron chi connectivity index (χ0n) is 13.6. The predicted octanol–water partition coefficient (Wildman–Crippen LogP) is 1.78. The van der Waals surface area contributed by atoms with Gasteiger partial charge in [0, 0.05) is 23.7 Å². The van der Waals surface area contributed by atoms with Crippen molar-refractivity contribution in [1.82, 2.24) is 20.1 Å². The molecule has 1 amide bonds. The Hall–Kier alpha value is -2.75. The second kappa shape index (κ2) is 6.57. The van der Waals surface area contributed by atoms with E-state index in [1.807, 2.05) is 13.8 Å². The van der Waals surface area contributed by atoms with Crippen LogP contribution in [0.4, 0.5) is 0 Å². The maximum absolute atomic E-state index is 12.6. The number of hydrogen-bond acceptors (Lipinski definition) is 5. The van der Waals surface area contributed by atoms with Gasteiger partial charge < -0.3 is 5.32 Å². The van der Waals surface area contributed by atoms with Gasteiger partial charge in [-0.25, -0.2) is 9.67 Å². The van der Waals surface area contributed by atoms with Crippen molar-refractivity contribution in [3.63, 3.8) is 0 Å². The number of Topliss-reactive ketones (excluding diaryl/α,β-unsaturated/α-hetero) is 1. The molecule has 0 spiro atoms. The summed E-state index contributed by atoms with van der Waals surface area (Å²) in [6, 6.07) is 3.50. The topological polar surface area (TPSA) is 101 Å². The quantitative estimate of drug-likeness (QED) is 0.670. The number of nitriles is 1. The molecular weight excluding hydrogens is 294 g/mol. The third kappa shape index (κ3) is 2.93. The van der Waals surface area contributed by atoms with Gasteiger partial charge >= 0.3 is 0 Å². The number of nitrogens with zero attached hydrogens (tertiary/aromatic N) is 4. The van der Waals surface area contributed by atoms with Crippen molar-refractivity contribution >= 4 is 22.7 Å². The predicted molar refractivity (Wildman–Crippen MR) is 84.8 cm³/mol. The van der Waals surface area contributed by atoms with E-state index in [2.05, 4.69) is 15.4 Å². The molecule has 0 aliphatic rings. The Labute approximate surface area is 134 Å². The minimum Gasteiger partial charge on any atom is -0.358 e. The summed E-state index contributed by atoms with van der Waals surface area (Å²) in [7, 11) is 1.40. The van der Waals surface area contributed by atoms with E-state index in [4.69, 9.17) is 5.26 Å². The highest BCUT2D eigenvalue weighted by Gasteiger charge is 2.29. The molecule has 2 aromatic heterocycles. The standard InChI is InChI=1S/C16H19N5O2/c1-5-10(3)21-15-13(8-19-21)11(6-9(2)20-15)14(22)12(7-17)16(23)18-4/h6,8,10,12H,5H2,1-4H3,(H,18,23)/t10-,12+/m1/s1. The van der Waals surface area contributed by atoms with Crippen LogP contribution in [0.3, 0.4) is 0 Å². The SMILES string of the molecule is CC[C@@H](C)n1ncc2c(C(=O)[C@H](C#N)C(=O)NC)cc(C)nc21. The third-order valence-electron chi connectivity index (χ3n) is 3.87. The number of aromatic nitrogens is 3. The summed E-state index contributed by atoms with van der Waals surface area (Å²) in [4.78, 5) is 28.9. The number of carbonyl (C=O) groups excluding carboxylic acids is 2. The van der Waals surface area contributed by atoms with Crippen LogP contribution in [-0.2, 0) is 4.79 Å². The minimum absolute atomic E-state index is 0.135. The molecule has 0 unspecified atom stereocenters. The number of nitrogens with one attached hydrogen (secondary N) is 1. The number of ketones is 1. The monoisotopic (exact) mass is 313 g/mol. The van der Waals surface area contributed by atoms with Gasteiger partial charge in [0.1, 0.15) is 0 Å². The van der Waals surface area contributed by atoms with E-state index in [-0.39, 0.29) is 6.04 Å². The molecule has 23 heavy (non-hydrogen) atoms. The van der Waals surface area contributed by atoms with Crippen LogP contribution in [-0.4, -0.2) is 33.5 Å². The number of carbonyl (C=O) groups is 2. The molecule has 7 heteroatoms. The maximum Gasteiger partial charge on any atom is 0.245 e. The average Bonchev–Trinajstić information content (AvgIpc) is 2.97. The van der Waals surface area contributed by atoms with E-state index in [0.29, 0.717) is 22.3 Å². The van der Waals surface area contributed by atoms with Crippen molar-refractivity contribution in [3.05, 3.63) is 23.5 Å². The molecule has 0 bridgehead atoms. The van der Waals surface area contributed by atoms with Crippen molar-refractivity contribution < 1.29 is 9.59 Å². The van der Waals surface area contributed by atoms with E-state index in [9.17, 15) is 9.59 Å². The maximum atomic E-state index is 12.6. The molecule has 2 heterocycles. The molecule has 0 saturated carbocycles. The molecule has 120 valence electrons. The summed E-state index contributed by atoms with van der Waals surface area (Å²) < 4.78 is 1.76. The van der Waals surface area contributed by atoms with Crippen molar-refractivity contribution in [2.24, 2.45) is 5.92 Å². The van der Waals surface area contributed by atoms with Crippen LogP contribution in [0.5, 0.6) is 0 Å². The summed E-state index contributed by atoms with van der Waals surface area (Å²) in [6.07, 6.45) is 2.44. The fraction of sp³-hybridized carbons (Fsp3) is 0.438. The van der Waals surface area contributed by atoms with E-state index in [0.717, 1.165) is 6.42 Å². The number of amides is 1. The van der Waals surface area contributed by atoms with Gasteiger partial charge in [-0.05, 0) is 26.3 Å². The smallest absolute Gasteiger partial charge is 0.245 e. The highest BCUT2D eigenvalue weighted by molar-refractivity contribution is 6.16. The normalized spacial score (nSPS) is 13.3. The minimum atomic E-state index is -1.38. The van der Waals surface area contributed by atoms with Crippen LogP contribution in [0.1, 0.15) is 42.4 Å². The van der Waals surface area contributed by atoms with Crippen LogP contribution >= 0.6 is 0 Å². The lowest BCUT2D eigenvalue weighted by Gasteiger charge is -2.12. The van der Waals surface area contributed by atoms with E-state index < -0.39 is 17.6 Å². The molecule has 0 fully saturated rings. The third-order valence-corrected chi connectivity index (χ3v) is 3.87. The summed E-state index contributed by atoms with van der Waals surface area (Å²) in [5.74, 6) is -2.53. The number of hydrogen-bond donors (Lipinski definition) is 1. The number of pyridine rings is 1. The molecule has 0 saturated heterocycles. The van der Waals surface area contributed by atoms with Gasteiger partial charge in [0.25, 0.3) is 0 Å². The molecule has 0 aliphatic heterocycles. The Morgan fingerprint density at radius 3 is 2.74 bits per heavy atom. The fourth-order valence-electron chi connectivity index (χ4n) is 2.38. The highest BCUT2D eigenvalue weighted by Crippen LogP contribution is 2.24. The summed E-state index contributed by atoms with van der Waals surface area (Å²) >= 11 is 0. The van der Waals surface area contributed by atoms with Crippen molar-refractivity contribution in [2.75, 3.05) is 7.05 Å². The van der Waals surface area contributed by atoms with E-state index >= 15 is 0 Å². The molecule has 2 aromatic rings. The van der Waals surface area contributed by atoms with Crippen LogP contribution in [0.25, 0.3) is 11.0 Å². The van der Waals surface area contributed by atoms with Crippen LogP contribution in [0.15, 0.2) is 12.3 Å². The lowest BCUT2D eigenvalue weighted by atomic mass is 9.96. The second-order valence-corrected chi connectivity index (χ2v) is 5.44. The highest BCUT2D eigenvalue weighted by atomic mass is 16.2. The molecule has 0 radical (unpaired) electrons. The van der Waals surface area contributed by atoms with Gasteiger partial charge in [-0.2, -0.15) is 10.4 Å². The largest absolute Gasteiger partial charge is 0.358 e. The summed E-state index contributed by atoms with van der Waals surface area (Å²) in [5, 5.41) is 16.4. The molecule has 7 nitrogen and oxygen atoms in total. The van der Waals surface area contributed by atoms with Crippen LogP contribution < -0.4 is 5.32 Å². The fourth-order valence-corrected chi connectivity index (χ4v) is 2.38. The summed E-state index contributed by atoms with van der Waals surface area (Å²) in [6.45, 7) is 5.82. The van der Waals surface area contributed by atoms with E-state index in [1.165, 1.54) is 7.05 Å². The zero-order valence-corrected chi connectivity index (χ0v) is 13.6. The van der Waals surface area contributed by atoms with Gasteiger partial charge in [-0.1, -0.05) is 6.92 Å². The first-order valence-electron chi connectivity index (χ1n) is 7.44. The van der Waals surface area contributed by atoms with Gasteiger partial charge in [-0.15, -0.1) is 0 Å². The molecular formula is C16H19N5O2. The van der Waals surface area contributed by atoms with E-state index in [1.54, 1.807) is 29.9 Å². The van der Waals surface area contributed by atoms with Gasteiger partial charge in [0.05, 0.1) is 18.3 Å². The molecule has 2 atom stereocenters. The zero-order chi connectivity index (χ0) is 17.1. The number of fused-ring (bicyclic) bond motifs is 1. The average molecular weight is 313 g/mol. The first kappa shape index (κ1) is 16.6. The Morgan fingerprint density at radius 1 is 1.48 bits per heavy atom. The Morgan fingerprint density at radius 2 is 2.17 bits per heavy atom. The Bertz CT molecular complexity index is 803. The first-order chi connectivity index (χ1) is 10.9. The molecule has 0 aliphatic carbocycles. The molecule has 1 N–H and O–H groups in total.